The highest BCUT2D eigenvalue weighted by molar-refractivity contribution is 5.06. The first kappa shape index (κ1) is 15.9. The van der Waals surface area contributed by atoms with Crippen molar-refractivity contribution < 1.29 is 4.74 Å². The number of nitrogens with zero attached hydrogens (tertiary/aromatic N) is 5. The van der Waals surface area contributed by atoms with Gasteiger partial charge < -0.3 is 4.74 Å². The van der Waals surface area contributed by atoms with E-state index in [-0.39, 0.29) is 0 Å². The summed E-state index contributed by atoms with van der Waals surface area (Å²) >= 11 is 0. The summed E-state index contributed by atoms with van der Waals surface area (Å²) in [6.45, 7) is 13.4. The molecule has 1 unspecified atom stereocenters. The van der Waals surface area contributed by atoms with Crippen LogP contribution in [0.1, 0.15) is 38.1 Å². The molecule has 0 saturated carbocycles. The molecule has 3 rings (SSSR count). The van der Waals surface area contributed by atoms with Gasteiger partial charge in [0.15, 0.2) is 0 Å². The zero-order valence-corrected chi connectivity index (χ0v) is 14.2. The molecule has 0 radical (unpaired) electrons. The minimum absolute atomic E-state index is 0.567. The fraction of sp³-hybridized carbons (Fsp3) is 0.875. The highest BCUT2D eigenvalue weighted by atomic mass is 16.5. The molecule has 0 N–H and O–H groups in total. The minimum atomic E-state index is 0.567. The van der Waals surface area contributed by atoms with Crippen LogP contribution in [0.25, 0.3) is 0 Å². The van der Waals surface area contributed by atoms with Gasteiger partial charge in [0.2, 0.25) is 0 Å². The zero-order valence-electron chi connectivity index (χ0n) is 14.2. The molecular formula is C16H29N5O. The fourth-order valence-electron chi connectivity index (χ4n) is 3.66. The normalized spacial score (nSPS) is 25.7. The topological polar surface area (TPSA) is 46.4 Å². The average Bonchev–Trinajstić information content (AvgIpc) is 2.89. The minimum Gasteiger partial charge on any atom is -0.379 e. The Morgan fingerprint density at radius 3 is 2.59 bits per heavy atom. The Bertz CT molecular complexity index is 481. The second kappa shape index (κ2) is 7.06. The van der Waals surface area contributed by atoms with Crippen LogP contribution in [0.4, 0.5) is 0 Å². The van der Waals surface area contributed by atoms with E-state index in [1.165, 1.54) is 12.8 Å². The van der Waals surface area contributed by atoms with E-state index < -0.39 is 0 Å². The lowest BCUT2D eigenvalue weighted by molar-refractivity contribution is -0.0354. The van der Waals surface area contributed by atoms with Crippen molar-refractivity contribution >= 4 is 0 Å². The van der Waals surface area contributed by atoms with E-state index in [1.807, 2.05) is 0 Å². The van der Waals surface area contributed by atoms with Crippen molar-refractivity contribution in [3.8, 4) is 0 Å². The van der Waals surface area contributed by atoms with Gasteiger partial charge in [0.25, 0.3) is 0 Å². The number of likely N-dealkylation sites (tertiary alicyclic amines) is 1. The van der Waals surface area contributed by atoms with Crippen LogP contribution in [0.3, 0.4) is 0 Å². The molecule has 6 heteroatoms. The number of aryl methyl sites for hydroxylation is 2. The molecule has 2 aliphatic rings. The largest absolute Gasteiger partial charge is 0.379 e. The van der Waals surface area contributed by atoms with Gasteiger partial charge in [-0.1, -0.05) is 0 Å². The van der Waals surface area contributed by atoms with E-state index in [2.05, 4.69) is 40.8 Å². The van der Waals surface area contributed by atoms with Gasteiger partial charge in [-0.05, 0) is 33.6 Å². The summed E-state index contributed by atoms with van der Waals surface area (Å²) in [7, 11) is 0. The molecule has 2 aliphatic heterocycles. The van der Waals surface area contributed by atoms with E-state index in [9.17, 15) is 0 Å². The third kappa shape index (κ3) is 3.50. The third-order valence-electron chi connectivity index (χ3n) is 5.02. The Kier molecular flexibility index (Phi) is 5.10. The maximum absolute atomic E-state index is 5.56. The maximum atomic E-state index is 5.56. The lowest BCUT2D eigenvalue weighted by atomic mass is 10.0. The smallest absolute Gasteiger partial charge is 0.0996 e. The van der Waals surface area contributed by atoms with Crippen molar-refractivity contribution in [2.75, 3.05) is 32.8 Å². The van der Waals surface area contributed by atoms with Crippen LogP contribution >= 0.6 is 0 Å². The van der Waals surface area contributed by atoms with Gasteiger partial charge in [0, 0.05) is 38.3 Å². The SMILES string of the molecule is CCn1nc(C)c(CN2CCC(N3CCOCC3C)CC2)n1. The van der Waals surface area contributed by atoms with Gasteiger partial charge in [-0.15, -0.1) is 0 Å². The Labute approximate surface area is 133 Å². The zero-order chi connectivity index (χ0) is 15.5. The average molecular weight is 307 g/mol. The predicted octanol–water partition coefficient (Wildman–Crippen LogP) is 1.29. The lowest BCUT2D eigenvalue weighted by Gasteiger charge is -2.43. The number of hydrogen-bond acceptors (Lipinski definition) is 5. The van der Waals surface area contributed by atoms with Crippen LogP contribution < -0.4 is 0 Å². The standard InChI is InChI=1S/C16H29N5O/c1-4-21-17-14(3)16(18-21)11-19-7-5-15(6-8-19)20-9-10-22-12-13(20)2/h13,15H,4-12H2,1-3H3. The van der Waals surface area contributed by atoms with Crippen LogP contribution in [-0.2, 0) is 17.8 Å². The molecular weight excluding hydrogens is 278 g/mol. The summed E-state index contributed by atoms with van der Waals surface area (Å²) in [6.07, 6.45) is 2.51. The number of morpholine rings is 1. The number of hydrogen-bond donors (Lipinski definition) is 0. The summed E-state index contributed by atoms with van der Waals surface area (Å²) in [5.41, 5.74) is 2.21. The first-order valence-electron chi connectivity index (χ1n) is 8.63. The summed E-state index contributed by atoms with van der Waals surface area (Å²) in [5.74, 6) is 0. The molecule has 124 valence electrons. The number of aromatic nitrogens is 3. The van der Waals surface area contributed by atoms with E-state index in [1.54, 1.807) is 4.80 Å². The molecule has 1 aromatic heterocycles. The molecule has 0 aromatic carbocycles. The first-order valence-corrected chi connectivity index (χ1v) is 8.63. The first-order chi connectivity index (χ1) is 10.7. The summed E-state index contributed by atoms with van der Waals surface area (Å²) < 4.78 is 5.56. The summed E-state index contributed by atoms with van der Waals surface area (Å²) in [4.78, 5) is 6.98. The third-order valence-corrected chi connectivity index (χ3v) is 5.02. The molecule has 0 spiro atoms. The van der Waals surface area contributed by atoms with Crippen molar-refractivity contribution in [3.05, 3.63) is 11.4 Å². The highest BCUT2D eigenvalue weighted by Gasteiger charge is 2.29. The van der Waals surface area contributed by atoms with Gasteiger partial charge in [-0.3, -0.25) is 9.80 Å². The van der Waals surface area contributed by atoms with E-state index in [4.69, 9.17) is 4.74 Å². The quantitative estimate of drug-likeness (QED) is 0.839. The van der Waals surface area contributed by atoms with Crippen LogP contribution in [0, 0.1) is 6.92 Å². The van der Waals surface area contributed by atoms with E-state index in [0.29, 0.717) is 6.04 Å². The molecule has 0 bridgehead atoms. The lowest BCUT2D eigenvalue weighted by Crippen LogP contribution is -2.52. The molecule has 2 saturated heterocycles. The van der Waals surface area contributed by atoms with Gasteiger partial charge in [0.05, 0.1) is 31.1 Å². The van der Waals surface area contributed by atoms with Crippen molar-refractivity contribution in [1.29, 1.82) is 0 Å². The van der Waals surface area contributed by atoms with Crippen LogP contribution in [-0.4, -0.2) is 69.7 Å². The van der Waals surface area contributed by atoms with E-state index >= 15 is 0 Å². The van der Waals surface area contributed by atoms with Crippen molar-refractivity contribution in [2.24, 2.45) is 0 Å². The second-order valence-electron chi connectivity index (χ2n) is 6.59. The highest BCUT2D eigenvalue weighted by Crippen LogP contribution is 2.22. The van der Waals surface area contributed by atoms with Crippen molar-refractivity contribution in [2.45, 2.75) is 58.8 Å². The van der Waals surface area contributed by atoms with Crippen LogP contribution in [0.15, 0.2) is 0 Å². The van der Waals surface area contributed by atoms with Crippen molar-refractivity contribution in [3.63, 3.8) is 0 Å². The summed E-state index contributed by atoms with van der Waals surface area (Å²) in [5, 5.41) is 9.03. The van der Waals surface area contributed by atoms with Gasteiger partial charge in [-0.25, -0.2) is 0 Å². The van der Waals surface area contributed by atoms with Gasteiger partial charge in [0.1, 0.15) is 0 Å². The Balaban J connectivity index is 1.52. The van der Waals surface area contributed by atoms with Crippen LogP contribution in [0.5, 0.6) is 0 Å². The molecule has 22 heavy (non-hydrogen) atoms. The number of piperidine rings is 1. The molecule has 3 heterocycles. The van der Waals surface area contributed by atoms with Gasteiger partial charge in [-0.2, -0.15) is 15.0 Å². The summed E-state index contributed by atoms with van der Waals surface area (Å²) in [6, 6.07) is 1.29. The molecule has 0 aliphatic carbocycles. The number of rotatable bonds is 4. The predicted molar refractivity (Wildman–Crippen MR) is 85.7 cm³/mol. The van der Waals surface area contributed by atoms with E-state index in [0.717, 1.165) is 63.4 Å². The monoisotopic (exact) mass is 307 g/mol. The Morgan fingerprint density at radius 2 is 1.95 bits per heavy atom. The maximum Gasteiger partial charge on any atom is 0.0996 e. The number of ether oxygens (including phenoxy) is 1. The van der Waals surface area contributed by atoms with Crippen LogP contribution in [0.2, 0.25) is 0 Å². The molecule has 1 aromatic rings. The van der Waals surface area contributed by atoms with Crippen molar-refractivity contribution in [1.82, 2.24) is 24.8 Å². The molecule has 1 atom stereocenters. The Morgan fingerprint density at radius 1 is 1.18 bits per heavy atom. The Hall–Kier alpha value is -0.980. The molecule has 2 fully saturated rings. The second-order valence-corrected chi connectivity index (χ2v) is 6.59. The fourth-order valence-corrected chi connectivity index (χ4v) is 3.66. The van der Waals surface area contributed by atoms with Gasteiger partial charge >= 0.3 is 0 Å². The molecule has 0 amide bonds. The molecule has 6 nitrogen and oxygen atoms in total.